The highest BCUT2D eigenvalue weighted by Gasteiger charge is 2.23. The fourth-order valence-electron chi connectivity index (χ4n) is 4.94. The van der Waals surface area contributed by atoms with Gasteiger partial charge in [-0.15, -0.1) is 0 Å². The second kappa shape index (κ2) is 13.0. The number of aromatic nitrogens is 2. The minimum atomic E-state index is -0.629. The molecular formula is C32H29ClFN5O4. The zero-order chi connectivity index (χ0) is 30.5. The third-order valence-electron chi connectivity index (χ3n) is 7.30. The Bertz CT molecular complexity index is 1700. The number of nitrogens with zero attached hydrogens (tertiary/aromatic N) is 2. The van der Waals surface area contributed by atoms with Crippen LogP contribution in [0.3, 0.4) is 0 Å². The number of rotatable bonds is 4. The van der Waals surface area contributed by atoms with Crippen LogP contribution < -0.4 is 16.0 Å². The fraction of sp³-hybridized carbons (Fsp3) is 0.219. The van der Waals surface area contributed by atoms with Gasteiger partial charge in [0.05, 0.1) is 35.1 Å². The number of methoxy groups -OCH3 is 1. The third kappa shape index (κ3) is 6.81. The smallest absolute Gasteiger partial charge is 0.411 e. The number of anilines is 2. The first-order valence-corrected chi connectivity index (χ1v) is 14.1. The topological polar surface area (TPSA) is 122 Å². The van der Waals surface area contributed by atoms with Crippen LogP contribution in [0, 0.1) is 11.7 Å². The number of amides is 3. The van der Waals surface area contributed by atoms with E-state index in [2.05, 4.69) is 25.9 Å². The van der Waals surface area contributed by atoms with Crippen molar-refractivity contribution in [3.63, 3.8) is 0 Å². The maximum atomic E-state index is 14.7. The van der Waals surface area contributed by atoms with Gasteiger partial charge in [0.25, 0.3) is 5.91 Å². The minimum Gasteiger partial charge on any atom is -0.453 e. The normalized spacial score (nSPS) is 16.5. The fourth-order valence-corrected chi connectivity index (χ4v) is 5.12. The maximum Gasteiger partial charge on any atom is 0.411 e. The molecule has 0 aliphatic carbocycles. The van der Waals surface area contributed by atoms with E-state index in [4.69, 9.17) is 16.3 Å². The van der Waals surface area contributed by atoms with Crippen LogP contribution in [0.15, 0.2) is 73.2 Å². The molecule has 220 valence electrons. The Labute approximate surface area is 252 Å². The highest BCUT2D eigenvalue weighted by atomic mass is 35.5. The molecule has 0 unspecified atom stereocenters. The summed E-state index contributed by atoms with van der Waals surface area (Å²) in [5.74, 6) is -1.47. The standard InChI is InChI=1S/C32H29ClFN5O4/c1-18-5-3-8-26(38-31(41)21-13-20(16-35-17-21)24-6-4-7-25(33)29(24)34)28-14-19(11-12-36-28)23-10-9-22(37-32(42)43-2)15-27(23)39-30(18)40/h4,6-7,9-18,26H,3,5,8H2,1-2H3,(H,37,42)(H,38,41)(H,39,40)/t18-,26+/m1/s1. The van der Waals surface area contributed by atoms with Gasteiger partial charge in [-0.25, -0.2) is 9.18 Å². The number of carbonyl (C=O) groups is 3. The zero-order valence-corrected chi connectivity index (χ0v) is 24.2. The highest BCUT2D eigenvalue weighted by Crippen LogP contribution is 2.34. The van der Waals surface area contributed by atoms with E-state index in [1.54, 1.807) is 42.6 Å². The van der Waals surface area contributed by atoms with Crippen LogP contribution in [-0.4, -0.2) is 35.0 Å². The van der Waals surface area contributed by atoms with Crippen molar-refractivity contribution in [1.82, 2.24) is 15.3 Å². The van der Waals surface area contributed by atoms with Crippen molar-refractivity contribution in [1.29, 1.82) is 0 Å². The molecule has 9 nitrogen and oxygen atoms in total. The van der Waals surface area contributed by atoms with Crippen molar-refractivity contribution >= 4 is 40.9 Å². The average Bonchev–Trinajstić information content (AvgIpc) is 3.01. The quantitative estimate of drug-likeness (QED) is 0.231. The van der Waals surface area contributed by atoms with E-state index in [1.165, 1.54) is 25.6 Å². The molecule has 3 heterocycles. The first-order valence-electron chi connectivity index (χ1n) is 13.7. The molecule has 3 amide bonds. The second-order valence-corrected chi connectivity index (χ2v) is 10.7. The van der Waals surface area contributed by atoms with Crippen molar-refractivity contribution < 1.29 is 23.5 Å². The number of benzene rings is 2. The van der Waals surface area contributed by atoms with E-state index in [0.717, 1.165) is 5.56 Å². The molecule has 3 N–H and O–H groups in total. The van der Waals surface area contributed by atoms with E-state index in [1.807, 2.05) is 19.1 Å². The van der Waals surface area contributed by atoms with Gasteiger partial charge in [-0.05, 0) is 54.8 Å². The van der Waals surface area contributed by atoms with Gasteiger partial charge in [0.1, 0.15) is 5.82 Å². The van der Waals surface area contributed by atoms with Crippen LogP contribution in [0.4, 0.5) is 20.6 Å². The van der Waals surface area contributed by atoms with Gasteiger partial charge in [-0.3, -0.25) is 24.9 Å². The lowest BCUT2D eigenvalue weighted by Crippen LogP contribution is -2.30. The van der Waals surface area contributed by atoms with Crippen molar-refractivity contribution in [2.24, 2.45) is 5.92 Å². The summed E-state index contributed by atoms with van der Waals surface area (Å²) >= 11 is 5.96. The van der Waals surface area contributed by atoms with Crippen LogP contribution in [0.5, 0.6) is 0 Å². The predicted octanol–water partition coefficient (Wildman–Crippen LogP) is 7.01. The van der Waals surface area contributed by atoms with Gasteiger partial charge >= 0.3 is 6.09 Å². The Morgan fingerprint density at radius 3 is 2.70 bits per heavy atom. The molecule has 2 aromatic carbocycles. The number of nitrogens with one attached hydrogen (secondary N) is 3. The summed E-state index contributed by atoms with van der Waals surface area (Å²) in [6, 6.07) is 14.6. The Balaban J connectivity index is 1.47. The van der Waals surface area contributed by atoms with Gasteiger partial charge in [0.15, 0.2) is 0 Å². The molecule has 2 atom stereocenters. The summed E-state index contributed by atoms with van der Waals surface area (Å²) < 4.78 is 19.4. The van der Waals surface area contributed by atoms with Crippen LogP contribution in [0.1, 0.15) is 48.3 Å². The second-order valence-electron chi connectivity index (χ2n) is 10.3. The Morgan fingerprint density at radius 2 is 1.88 bits per heavy atom. The van der Waals surface area contributed by atoms with Crippen LogP contribution in [0.25, 0.3) is 22.3 Å². The molecular weight excluding hydrogens is 573 g/mol. The first-order chi connectivity index (χ1) is 20.7. The molecule has 2 aromatic heterocycles. The largest absolute Gasteiger partial charge is 0.453 e. The molecule has 11 heteroatoms. The minimum absolute atomic E-state index is 0.0213. The van der Waals surface area contributed by atoms with E-state index < -0.39 is 23.9 Å². The molecule has 5 rings (SSSR count). The molecule has 0 radical (unpaired) electrons. The predicted molar refractivity (Wildman–Crippen MR) is 162 cm³/mol. The van der Waals surface area contributed by atoms with E-state index in [-0.39, 0.29) is 28.0 Å². The molecule has 0 fully saturated rings. The lowest BCUT2D eigenvalue weighted by atomic mass is 9.95. The summed E-state index contributed by atoms with van der Waals surface area (Å²) in [7, 11) is 1.27. The number of halogens is 2. The van der Waals surface area contributed by atoms with Gasteiger partial charge in [-0.1, -0.05) is 43.1 Å². The van der Waals surface area contributed by atoms with Crippen molar-refractivity contribution in [2.45, 2.75) is 32.2 Å². The lowest BCUT2D eigenvalue weighted by molar-refractivity contribution is -0.119. The SMILES string of the molecule is COC(=O)Nc1ccc2c(c1)NC(=O)[C@H](C)CCC[C@H](NC(=O)c1cncc(-c3cccc(Cl)c3F)c1)c1cc-2ccn1. The first kappa shape index (κ1) is 29.7. The number of hydrogen-bond acceptors (Lipinski definition) is 6. The summed E-state index contributed by atoms with van der Waals surface area (Å²) in [4.78, 5) is 47.1. The van der Waals surface area contributed by atoms with Gasteiger partial charge in [0, 0.05) is 46.9 Å². The summed E-state index contributed by atoms with van der Waals surface area (Å²) in [6.07, 6.45) is 5.65. The van der Waals surface area contributed by atoms with E-state index in [9.17, 15) is 18.8 Å². The summed E-state index contributed by atoms with van der Waals surface area (Å²) in [5, 5.41) is 8.66. The molecule has 4 aromatic rings. The molecule has 1 aliphatic heterocycles. The molecule has 0 saturated carbocycles. The van der Waals surface area contributed by atoms with Crippen LogP contribution >= 0.6 is 11.6 Å². The number of pyridine rings is 2. The molecule has 2 bridgehead atoms. The number of carbonyl (C=O) groups excluding carboxylic acids is 3. The summed E-state index contributed by atoms with van der Waals surface area (Å²) in [6.45, 7) is 1.84. The number of ether oxygens (including phenoxy) is 1. The number of hydrogen-bond donors (Lipinski definition) is 3. The van der Waals surface area contributed by atoms with Crippen molar-refractivity contribution in [2.75, 3.05) is 17.7 Å². The Hall–Kier alpha value is -4.83. The van der Waals surface area contributed by atoms with Gasteiger partial charge in [-0.2, -0.15) is 0 Å². The molecule has 43 heavy (non-hydrogen) atoms. The molecule has 0 saturated heterocycles. The van der Waals surface area contributed by atoms with E-state index >= 15 is 0 Å². The Kier molecular flexibility index (Phi) is 8.96. The molecule has 1 aliphatic rings. The third-order valence-corrected chi connectivity index (χ3v) is 7.60. The Morgan fingerprint density at radius 1 is 1.05 bits per heavy atom. The monoisotopic (exact) mass is 601 g/mol. The van der Waals surface area contributed by atoms with Gasteiger partial charge in [0.2, 0.25) is 5.91 Å². The van der Waals surface area contributed by atoms with Crippen molar-refractivity contribution in [3.8, 4) is 22.3 Å². The van der Waals surface area contributed by atoms with Crippen LogP contribution in [-0.2, 0) is 9.53 Å². The van der Waals surface area contributed by atoms with Crippen LogP contribution in [0.2, 0.25) is 5.02 Å². The molecule has 0 spiro atoms. The maximum absolute atomic E-state index is 14.7. The average molecular weight is 602 g/mol. The highest BCUT2D eigenvalue weighted by molar-refractivity contribution is 6.31. The van der Waals surface area contributed by atoms with Crippen molar-refractivity contribution in [3.05, 3.63) is 95.3 Å². The van der Waals surface area contributed by atoms with E-state index in [0.29, 0.717) is 47.5 Å². The number of fused-ring (bicyclic) bond motifs is 4. The summed E-state index contributed by atoms with van der Waals surface area (Å²) in [5.41, 5.74) is 4.00. The lowest BCUT2D eigenvalue weighted by Gasteiger charge is -2.22. The zero-order valence-electron chi connectivity index (χ0n) is 23.5. The van der Waals surface area contributed by atoms with Gasteiger partial charge < -0.3 is 15.4 Å².